The third kappa shape index (κ3) is 5.22. The van der Waals surface area contributed by atoms with E-state index in [-0.39, 0.29) is 5.75 Å². The predicted molar refractivity (Wildman–Crippen MR) is 72.7 cm³/mol. The van der Waals surface area contributed by atoms with Gasteiger partial charge >= 0.3 is 16.3 Å². The van der Waals surface area contributed by atoms with Crippen LogP contribution in [0.2, 0.25) is 0 Å². The molecule has 0 bridgehead atoms. The van der Waals surface area contributed by atoms with Gasteiger partial charge in [-0.3, -0.25) is 0 Å². The van der Waals surface area contributed by atoms with Gasteiger partial charge in [-0.1, -0.05) is 31.4 Å². The number of halogens is 3. The van der Waals surface area contributed by atoms with E-state index in [1.54, 1.807) is 12.1 Å². The Morgan fingerprint density at radius 2 is 1.62 bits per heavy atom. The summed E-state index contributed by atoms with van der Waals surface area (Å²) in [6.45, 7) is 0. The molecule has 1 fully saturated rings. The van der Waals surface area contributed by atoms with Crippen LogP contribution in [0, 0.1) is 0 Å². The third-order valence-corrected chi connectivity index (χ3v) is 4.65. The van der Waals surface area contributed by atoms with Crippen molar-refractivity contribution in [2.45, 2.75) is 44.2 Å². The SMILES string of the molecule is O=S(=O)(CC(F)(F)F)Oc1ccc(C2CCCCC2)cc1. The fraction of sp³-hybridized carbons (Fsp3) is 0.571. The fourth-order valence-electron chi connectivity index (χ4n) is 2.61. The van der Waals surface area contributed by atoms with Crippen LogP contribution in [0.4, 0.5) is 13.2 Å². The second kappa shape index (κ2) is 6.25. The third-order valence-electron chi connectivity index (χ3n) is 3.52. The van der Waals surface area contributed by atoms with E-state index in [2.05, 4.69) is 4.18 Å². The van der Waals surface area contributed by atoms with Crippen LogP contribution in [0.3, 0.4) is 0 Å². The zero-order chi connectivity index (χ0) is 15.5. The highest BCUT2D eigenvalue weighted by atomic mass is 32.2. The van der Waals surface area contributed by atoms with Crippen molar-refractivity contribution in [1.82, 2.24) is 0 Å². The molecule has 1 aromatic rings. The van der Waals surface area contributed by atoms with Crippen LogP contribution in [0.25, 0.3) is 0 Å². The molecule has 21 heavy (non-hydrogen) atoms. The van der Waals surface area contributed by atoms with Gasteiger partial charge in [0.2, 0.25) is 0 Å². The summed E-state index contributed by atoms with van der Waals surface area (Å²) in [6, 6.07) is 6.29. The lowest BCUT2D eigenvalue weighted by molar-refractivity contribution is -0.107. The van der Waals surface area contributed by atoms with Crippen molar-refractivity contribution >= 4 is 10.1 Å². The number of hydrogen-bond donors (Lipinski definition) is 0. The van der Waals surface area contributed by atoms with Gasteiger partial charge in [0.15, 0.2) is 5.75 Å². The van der Waals surface area contributed by atoms with Crippen molar-refractivity contribution < 1.29 is 25.8 Å². The molecule has 0 spiro atoms. The summed E-state index contributed by atoms with van der Waals surface area (Å²) in [4.78, 5) is 0. The van der Waals surface area contributed by atoms with E-state index < -0.39 is 22.0 Å². The van der Waals surface area contributed by atoms with Crippen molar-refractivity contribution in [2.24, 2.45) is 0 Å². The van der Waals surface area contributed by atoms with Crippen molar-refractivity contribution in [3.05, 3.63) is 29.8 Å². The molecule has 0 aromatic heterocycles. The van der Waals surface area contributed by atoms with Gasteiger partial charge in [0.25, 0.3) is 0 Å². The van der Waals surface area contributed by atoms with Gasteiger partial charge in [-0.2, -0.15) is 21.6 Å². The zero-order valence-corrected chi connectivity index (χ0v) is 12.2. The van der Waals surface area contributed by atoms with Crippen LogP contribution >= 0.6 is 0 Å². The van der Waals surface area contributed by atoms with Crippen LogP contribution in [-0.4, -0.2) is 20.3 Å². The van der Waals surface area contributed by atoms with Gasteiger partial charge in [-0.25, -0.2) is 0 Å². The molecule has 1 aliphatic rings. The molecule has 1 aromatic carbocycles. The average molecular weight is 322 g/mol. The lowest BCUT2D eigenvalue weighted by Gasteiger charge is -2.22. The summed E-state index contributed by atoms with van der Waals surface area (Å²) < 4.78 is 63.3. The maximum Gasteiger partial charge on any atom is 0.406 e. The van der Waals surface area contributed by atoms with Crippen molar-refractivity contribution in [3.63, 3.8) is 0 Å². The van der Waals surface area contributed by atoms with E-state index in [0.717, 1.165) is 18.4 Å². The molecular weight excluding hydrogens is 305 g/mol. The van der Waals surface area contributed by atoms with Crippen LogP contribution < -0.4 is 4.18 Å². The van der Waals surface area contributed by atoms with E-state index in [9.17, 15) is 21.6 Å². The molecule has 0 aliphatic heterocycles. The Labute approximate surface area is 122 Å². The molecule has 0 N–H and O–H groups in total. The van der Waals surface area contributed by atoms with Crippen LogP contribution in [0.15, 0.2) is 24.3 Å². The maximum atomic E-state index is 12.1. The van der Waals surface area contributed by atoms with E-state index >= 15 is 0 Å². The van der Waals surface area contributed by atoms with Gasteiger partial charge in [0.1, 0.15) is 5.75 Å². The zero-order valence-electron chi connectivity index (χ0n) is 11.4. The summed E-state index contributed by atoms with van der Waals surface area (Å²) in [6.07, 6.45) is 0.944. The first-order valence-electron chi connectivity index (χ1n) is 6.84. The summed E-state index contributed by atoms with van der Waals surface area (Å²) >= 11 is 0. The van der Waals surface area contributed by atoms with Gasteiger partial charge in [0.05, 0.1) is 0 Å². The second-order valence-corrected chi connectivity index (χ2v) is 6.88. The molecule has 0 amide bonds. The first-order chi connectivity index (χ1) is 9.75. The predicted octanol–water partition coefficient (Wildman–Crippen LogP) is 4.01. The van der Waals surface area contributed by atoms with Gasteiger partial charge in [-0.05, 0) is 36.5 Å². The molecule has 0 heterocycles. The molecule has 1 aliphatic carbocycles. The van der Waals surface area contributed by atoms with Crippen molar-refractivity contribution in [1.29, 1.82) is 0 Å². The lowest BCUT2D eigenvalue weighted by Crippen LogP contribution is -2.26. The molecule has 0 radical (unpaired) electrons. The molecule has 0 unspecified atom stereocenters. The monoisotopic (exact) mass is 322 g/mol. The highest BCUT2D eigenvalue weighted by Crippen LogP contribution is 2.33. The van der Waals surface area contributed by atoms with Crippen molar-refractivity contribution in [3.8, 4) is 5.75 Å². The lowest BCUT2D eigenvalue weighted by atomic mass is 9.84. The minimum atomic E-state index is -4.80. The minimum Gasteiger partial charge on any atom is -0.382 e. The highest BCUT2D eigenvalue weighted by molar-refractivity contribution is 7.87. The molecule has 118 valence electrons. The van der Waals surface area contributed by atoms with Gasteiger partial charge in [0, 0.05) is 0 Å². The molecule has 1 saturated carbocycles. The Balaban J connectivity index is 2.02. The quantitative estimate of drug-likeness (QED) is 0.787. The van der Waals surface area contributed by atoms with Crippen LogP contribution in [0.1, 0.15) is 43.6 Å². The number of benzene rings is 1. The van der Waals surface area contributed by atoms with Crippen LogP contribution in [-0.2, 0) is 10.1 Å². The normalized spacial score (nSPS) is 17.7. The van der Waals surface area contributed by atoms with Gasteiger partial charge < -0.3 is 4.18 Å². The smallest absolute Gasteiger partial charge is 0.382 e. The molecule has 3 nitrogen and oxygen atoms in total. The van der Waals surface area contributed by atoms with E-state index in [4.69, 9.17) is 0 Å². The first-order valence-corrected chi connectivity index (χ1v) is 8.42. The molecule has 0 saturated heterocycles. The molecule has 0 atom stereocenters. The number of alkyl halides is 3. The number of rotatable bonds is 4. The molecular formula is C14H17F3O3S. The molecule has 2 rings (SSSR count). The summed E-state index contributed by atoms with van der Waals surface area (Å²) in [5.41, 5.74) is 1.08. The van der Waals surface area contributed by atoms with E-state index in [1.807, 2.05) is 0 Å². The Bertz CT molecular complexity index is 558. The number of hydrogen-bond acceptors (Lipinski definition) is 3. The fourth-order valence-corrected chi connectivity index (χ4v) is 3.47. The summed E-state index contributed by atoms with van der Waals surface area (Å²) in [5.74, 6) is -1.62. The summed E-state index contributed by atoms with van der Waals surface area (Å²) in [5, 5.41) is 0. The average Bonchev–Trinajstić information content (AvgIpc) is 2.37. The van der Waals surface area contributed by atoms with Gasteiger partial charge in [-0.15, -0.1) is 0 Å². The van der Waals surface area contributed by atoms with Crippen LogP contribution in [0.5, 0.6) is 5.75 Å². The summed E-state index contributed by atoms with van der Waals surface area (Å²) in [7, 11) is -4.66. The Morgan fingerprint density at radius 3 is 2.14 bits per heavy atom. The maximum absolute atomic E-state index is 12.1. The van der Waals surface area contributed by atoms with E-state index in [1.165, 1.54) is 31.4 Å². The standard InChI is InChI=1S/C14H17F3O3S/c15-14(16,17)10-21(18,19)20-13-8-6-12(7-9-13)11-4-2-1-3-5-11/h6-9,11H,1-5,10H2. The topological polar surface area (TPSA) is 43.4 Å². The van der Waals surface area contributed by atoms with Crippen molar-refractivity contribution in [2.75, 3.05) is 5.75 Å². The Hall–Kier alpha value is -1.24. The second-order valence-electron chi connectivity index (χ2n) is 5.30. The minimum absolute atomic E-state index is 0.0844. The largest absolute Gasteiger partial charge is 0.406 e. The Kier molecular flexibility index (Phi) is 4.81. The Morgan fingerprint density at radius 1 is 1.05 bits per heavy atom. The molecule has 7 heteroatoms. The van der Waals surface area contributed by atoms with E-state index in [0.29, 0.717) is 5.92 Å². The first kappa shape index (κ1) is 16.1. The highest BCUT2D eigenvalue weighted by Gasteiger charge is 2.36.